The third-order valence-corrected chi connectivity index (χ3v) is 5.47. The SMILES string of the molecule is CC(C1CCC(=O)NC1)N1CC(NC(=O)c2cn(C3CC3)nn2)C1. The molecule has 3 heterocycles. The Balaban J connectivity index is 1.23. The van der Waals surface area contributed by atoms with Crippen LogP contribution in [0.3, 0.4) is 0 Å². The van der Waals surface area contributed by atoms with E-state index in [-0.39, 0.29) is 17.9 Å². The number of rotatable bonds is 5. The maximum absolute atomic E-state index is 12.2. The van der Waals surface area contributed by atoms with Crippen LogP contribution in [0.15, 0.2) is 6.20 Å². The van der Waals surface area contributed by atoms with Gasteiger partial charge >= 0.3 is 0 Å². The first-order chi connectivity index (χ1) is 11.6. The van der Waals surface area contributed by atoms with E-state index < -0.39 is 0 Å². The Morgan fingerprint density at radius 2 is 2.17 bits per heavy atom. The minimum Gasteiger partial charge on any atom is -0.356 e. The summed E-state index contributed by atoms with van der Waals surface area (Å²) in [6.45, 7) is 4.68. The van der Waals surface area contributed by atoms with Gasteiger partial charge in [0.25, 0.3) is 5.91 Å². The third-order valence-electron chi connectivity index (χ3n) is 5.47. The highest BCUT2D eigenvalue weighted by atomic mass is 16.2. The molecule has 3 fully saturated rings. The highest BCUT2D eigenvalue weighted by Crippen LogP contribution is 2.33. The molecule has 1 aliphatic carbocycles. The molecule has 0 radical (unpaired) electrons. The van der Waals surface area contributed by atoms with Crippen LogP contribution in [0.5, 0.6) is 0 Å². The fourth-order valence-electron chi connectivity index (χ4n) is 3.56. The molecule has 4 rings (SSSR count). The molecular weight excluding hydrogens is 308 g/mol. The van der Waals surface area contributed by atoms with E-state index in [1.807, 2.05) is 0 Å². The molecule has 8 heteroatoms. The first kappa shape index (κ1) is 15.6. The second-order valence-electron chi connectivity index (χ2n) is 7.28. The number of piperidine rings is 1. The molecule has 2 unspecified atom stereocenters. The maximum atomic E-state index is 12.2. The van der Waals surface area contributed by atoms with Crippen LogP contribution in [0.2, 0.25) is 0 Å². The molecule has 0 spiro atoms. The maximum Gasteiger partial charge on any atom is 0.273 e. The average molecular weight is 332 g/mol. The predicted molar refractivity (Wildman–Crippen MR) is 86.3 cm³/mol. The van der Waals surface area contributed by atoms with E-state index in [1.54, 1.807) is 10.9 Å². The van der Waals surface area contributed by atoms with Gasteiger partial charge in [0.05, 0.1) is 18.3 Å². The molecule has 2 atom stereocenters. The Labute approximate surface area is 141 Å². The van der Waals surface area contributed by atoms with Crippen molar-refractivity contribution in [1.29, 1.82) is 0 Å². The minimum absolute atomic E-state index is 0.135. The van der Waals surface area contributed by atoms with Crippen molar-refractivity contribution < 1.29 is 9.59 Å². The van der Waals surface area contributed by atoms with E-state index in [4.69, 9.17) is 0 Å². The van der Waals surface area contributed by atoms with Crippen molar-refractivity contribution in [1.82, 2.24) is 30.5 Å². The zero-order chi connectivity index (χ0) is 16.7. The highest BCUT2D eigenvalue weighted by Gasteiger charge is 2.36. The number of nitrogens with zero attached hydrogens (tertiary/aromatic N) is 4. The first-order valence-corrected chi connectivity index (χ1v) is 8.83. The van der Waals surface area contributed by atoms with Crippen LogP contribution in [-0.4, -0.2) is 63.4 Å². The monoisotopic (exact) mass is 332 g/mol. The average Bonchev–Trinajstić information content (AvgIpc) is 3.27. The molecule has 2 N–H and O–H groups in total. The lowest BCUT2D eigenvalue weighted by Gasteiger charge is -2.46. The van der Waals surface area contributed by atoms with Crippen molar-refractivity contribution >= 4 is 11.8 Å². The van der Waals surface area contributed by atoms with Crippen molar-refractivity contribution in [2.75, 3.05) is 19.6 Å². The van der Waals surface area contributed by atoms with Crippen LogP contribution in [0.25, 0.3) is 0 Å². The largest absolute Gasteiger partial charge is 0.356 e. The van der Waals surface area contributed by atoms with Gasteiger partial charge in [-0.05, 0) is 32.1 Å². The third kappa shape index (κ3) is 3.15. The summed E-state index contributed by atoms with van der Waals surface area (Å²) in [7, 11) is 0. The summed E-state index contributed by atoms with van der Waals surface area (Å²) >= 11 is 0. The number of aromatic nitrogens is 3. The second-order valence-corrected chi connectivity index (χ2v) is 7.28. The molecule has 1 aromatic rings. The van der Waals surface area contributed by atoms with Gasteiger partial charge in [-0.3, -0.25) is 14.5 Å². The minimum atomic E-state index is -0.135. The Kier molecular flexibility index (Phi) is 3.99. The van der Waals surface area contributed by atoms with Crippen LogP contribution in [0, 0.1) is 5.92 Å². The molecule has 24 heavy (non-hydrogen) atoms. The Bertz CT molecular complexity index is 624. The number of hydrogen-bond acceptors (Lipinski definition) is 5. The number of carbonyl (C=O) groups is 2. The van der Waals surface area contributed by atoms with Crippen LogP contribution < -0.4 is 10.6 Å². The summed E-state index contributed by atoms with van der Waals surface area (Å²) in [6.07, 6.45) is 5.57. The fraction of sp³-hybridized carbons (Fsp3) is 0.750. The summed E-state index contributed by atoms with van der Waals surface area (Å²) in [6, 6.07) is 1.04. The molecule has 8 nitrogen and oxygen atoms in total. The van der Waals surface area contributed by atoms with Crippen molar-refractivity contribution in [2.45, 2.75) is 50.7 Å². The summed E-state index contributed by atoms with van der Waals surface area (Å²) in [5.74, 6) is 0.522. The number of carbonyl (C=O) groups excluding carboxylic acids is 2. The topological polar surface area (TPSA) is 92.2 Å². The molecular formula is C16H24N6O2. The first-order valence-electron chi connectivity index (χ1n) is 8.83. The Hall–Kier alpha value is -1.96. The molecule has 0 aromatic carbocycles. The van der Waals surface area contributed by atoms with E-state index in [9.17, 15) is 9.59 Å². The lowest BCUT2D eigenvalue weighted by atomic mass is 9.89. The normalized spacial score (nSPS) is 26.5. The van der Waals surface area contributed by atoms with Crippen molar-refractivity contribution in [2.24, 2.45) is 5.92 Å². The molecule has 2 aliphatic heterocycles. The van der Waals surface area contributed by atoms with Gasteiger partial charge in [-0.1, -0.05) is 5.21 Å². The molecule has 2 amide bonds. The van der Waals surface area contributed by atoms with Gasteiger partial charge in [-0.2, -0.15) is 0 Å². The zero-order valence-electron chi connectivity index (χ0n) is 13.9. The van der Waals surface area contributed by atoms with Crippen molar-refractivity contribution in [3.05, 3.63) is 11.9 Å². The van der Waals surface area contributed by atoms with E-state index in [2.05, 4.69) is 32.8 Å². The van der Waals surface area contributed by atoms with Gasteiger partial charge in [-0.15, -0.1) is 5.10 Å². The van der Waals surface area contributed by atoms with Gasteiger partial charge in [-0.25, -0.2) is 4.68 Å². The number of hydrogen-bond donors (Lipinski definition) is 2. The summed E-state index contributed by atoms with van der Waals surface area (Å²) in [4.78, 5) is 25.9. The molecule has 3 aliphatic rings. The van der Waals surface area contributed by atoms with Gasteiger partial charge in [0, 0.05) is 32.1 Å². The van der Waals surface area contributed by atoms with E-state index >= 15 is 0 Å². The lowest BCUT2D eigenvalue weighted by Crippen LogP contribution is -2.63. The van der Waals surface area contributed by atoms with Crippen LogP contribution in [0.4, 0.5) is 0 Å². The molecule has 1 saturated carbocycles. The molecule has 2 saturated heterocycles. The molecule has 130 valence electrons. The van der Waals surface area contributed by atoms with E-state index in [0.29, 0.717) is 30.1 Å². The lowest BCUT2D eigenvalue weighted by molar-refractivity contribution is -0.123. The second kappa shape index (κ2) is 6.16. The highest BCUT2D eigenvalue weighted by molar-refractivity contribution is 5.92. The van der Waals surface area contributed by atoms with Gasteiger partial charge in [0.2, 0.25) is 5.91 Å². The standard InChI is InChI=1S/C16H24N6O2/c1-10(11-2-5-15(23)17-6-11)21-7-12(8-21)18-16(24)14-9-22(20-19-14)13-3-4-13/h9-13H,2-8H2,1H3,(H,17,23)(H,18,24). The fourth-order valence-corrected chi connectivity index (χ4v) is 3.56. The number of nitrogens with one attached hydrogen (secondary N) is 2. The summed E-state index contributed by atoms with van der Waals surface area (Å²) in [5, 5.41) is 14.0. The number of amides is 2. The van der Waals surface area contributed by atoms with Crippen LogP contribution in [0.1, 0.15) is 49.1 Å². The quantitative estimate of drug-likeness (QED) is 0.788. The Morgan fingerprint density at radius 3 is 2.83 bits per heavy atom. The van der Waals surface area contributed by atoms with Crippen LogP contribution >= 0.6 is 0 Å². The van der Waals surface area contributed by atoms with Gasteiger partial charge < -0.3 is 10.6 Å². The summed E-state index contributed by atoms with van der Waals surface area (Å²) < 4.78 is 1.79. The van der Waals surface area contributed by atoms with Crippen molar-refractivity contribution in [3.63, 3.8) is 0 Å². The van der Waals surface area contributed by atoms with Gasteiger partial charge in [0.15, 0.2) is 5.69 Å². The van der Waals surface area contributed by atoms with Gasteiger partial charge in [0.1, 0.15) is 0 Å². The van der Waals surface area contributed by atoms with E-state index in [0.717, 1.165) is 38.9 Å². The van der Waals surface area contributed by atoms with Crippen LogP contribution in [-0.2, 0) is 4.79 Å². The Morgan fingerprint density at radius 1 is 1.38 bits per heavy atom. The zero-order valence-corrected chi connectivity index (χ0v) is 13.9. The predicted octanol–water partition coefficient (Wildman–Crippen LogP) is -0.0583. The summed E-state index contributed by atoms with van der Waals surface area (Å²) in [5.41, 5.74) is 0.406. The number of likely N-dealkylation sites (tertiary alicyclic amines) is 1. The van der Waals surface area contributed by atoms with E-state index in [1.165, 1.54) is 0 Å². The smallest absolute Gasteiger partial charge is 0.273 e. The van der Waals surface area contributed by atoms with Crippen molar-refractivity contribution in [3.8, 4) is 0 Å². The molecule has 0 bridgehead atoms. The molecule has 1 aromatic heterocycles.